The van der Waals surface area contributed by atoms with Crippen molar-refractivity contribution in [1.29, 1.82) is 21.0 Å². The minimum absolute atomic E-state index is 0. The van der Waals surface area contributed by atoms with Gasteiger partial charge in [-0.15, -0.1) is 0 Å². The topological polar surface area (TPSA) is 95.2 Å². The Bertz CT molecular complexity index is 188. The SMILES string of the molecule is C#N.C#N.C#N.C#N.F[P-](F)(F)(F)(F)F.[Cu]. The van der Waals surface area contributed by atoms with Gasteiger partial charge < -0.3 is 0 Å². The van der Waals surface area contributed by atoms with Gasteiger partial charge in [-0.05, 0) is 0 Å². The molecule has 1 radical (unpaired) electrons. The van der Waals surface area contributed by atoms with Crippen molar-refractivity contribution in [3.05, 3.63) is 0 Å². The maximum Gasteiger partial charge on any atom is 0 e. The van der Waals surface area contributed by atoms with Crippen LogP contribution in [0.3, 0.4) is 0 Å². The Labute approximate surface area is 98.0 Å². The van der Waals surface area contributed by atoms with E-state index in [4.69, 9.17) is 21.0 Å². The summed E-state index contributed by atoms with van der Waals surface area (Å²) >= 11 is 0. The Morgan fingerprint density at radius 2 is 0.500 bits per heavy atom. The number of halogens is 6. The van der Waals surface area contributed by atoms with Crippen LogP contribution < -0.4 is 0 Å². The van der Waals surface area contributed by atoms with Crippen LogP contribution in [0.5, 0.6) is 0 Å². The summed E-state index contributed by atoms with van der Waals surface area (Å²) in [4.78, 5) is 0. The smallest absolute Gasteiger partial charge is 0 e. The van der Waals surface area contributed by atoms with Gasteiger partial charge in [-0.3, -0.25) is 0 Å². The van der Waals surface area contributed by atoms with Crippen LogP contribution in [0.25, 0.3) is 0 Å². The fourth-order valence-corrected chi connectivity index (χ4v) is 0. The molecule has 99 valence electrons. The maximum atomic E-state index is 9.87. The van der Waals surface area contributed by atoms with Crippen molar-refractivity contribution in [3.63, 3.8) is 0 Å². The second-order valence-electron chi connectivity index (χ2n) is 0.958. The predicted octanol–water partition coefficient (Wildman–Crippen LogP) is 3.94. The molecule has 0 amide bonds. The van der Waals surface area contributed by atoms with Crippen LogP contribution in [0.4, 0.5) is 25.2 Å². The zero-order chi connectivity index (χ0) is 14.4. The molecule has 0 aliphatic heterocycles. The molecule has 0 aromatic heterocycles. The van der Waals surface area contributed by atoms with Crippen molar-refractivity contribution in [2.24, 2.45) is 0 Å². The van der Waals surface area contributed by atoms with Crippen LogP contribution in [0.2, 0.25) is 0 Å². The van der Waals surface area contributed by atoms with Crippen LogP contribution in [-0.4, -0.2) is 0 Å². The van der Waals surface area contributed by atoms with Crippen molar-refractivity contribution in [3.8, 4) is 26.3 Å². The average Bonchev–Trinajstić information content (AvgIpc) is 2.12. The van der Waals surface area contributed by atoms with Gasteiger partial charge in [-0.25, -0.2) is 21.0 Å². The number of nitrogens with zero attached hydrogens (tertiary/aromatic N) is 4. The molecule has 0 N–H and O–H groups in total. The fraction of sp³-hybridized carbons (Fsp3) is 0. The van der Waals surface area contributed by atoms with Gasteiger partial charge in [0, 0.05) is 43.4 Å². The normalized spacial score (nSPS) is 10.6. The fourth-order valence-electron chi connectivity index (χ4n) is 0. The van der Waals surface area contributed by atoms with Crippen LogP contribution in [0, 0.1) is 47.3 Å². The zero-order valence-electron chi connectivity index (χ0n) is 7.11. The van der Waals surface area contributed by atoms with Gasteiger partial charge in [0.25, 0.3) is 0 Å². The van der Waals surface area contributed by atoms with E-state index in [-0.39, 0.29) is 17.1 Å². The monoisotopic (exact) mass is 316 g/mol. The molecule has 0 saturated carbocycles. The van der Waals surface area contributed by atoms with E-state index in [0.717, 1.165) is 0 Å². The summed E-state index contributed by atoms with van der Waals surface area (Å²) in [6.07, 6.45) is 0. The summed E-state index contributed by atoms with van der Waals surface area (Å²) in [5.74, 6) is 0. The average molecular weight is 317 g/mol. The summed E-state index contributed by atoms with van der Waals surface area (Å²) in [6, 6.07) is 0. The van der Waals surface area contributed by atoms with Gasteiger partial charge in [0.05, 0.1) is 0 Å². The zero-order valence-corrected chi connectivity index (χ0v) is 8.95. The number of hydrogen-bond donors (Lipinski definition) is 0. The molecule has 0 aromatic rings. The van der Waals surface area contributed by atoms with E-state index < -0.39 is 7.81 Å². The van der Waals surface area contributed by atoms with Crippen LogP contribution in [0.1, 0.15) is 0 Å². The first-order chi connectivity index (χ1) is 6.45. The van der Waals surface area contributed by atoms with E-state index in [2.05, 4.69) is 26.3 Å². The molecule has 0 rings (SSSR count). The van der Waals surface area contributed by atoms with Gasteiger partial charge >= 0.3 is 33.0 Å². The van der Waals surface area contributed by atoms with Crippen molar-refractivity contribution < 1.29 is 42.3 Å². The molecule has 16 heavy (non-hydrogen) atoms. The third-order valence-corrected chi connectivity index (χ3v) is 0. The van der Waals surface area contributed by atoms with Crippen LogP contribution in [-0.2, 0) is 17.1 Å². The molecule has 0 aromatic carbocycles. The second-order valence-corrected chi connectivity index (χ2v) is 2.87. The van der Waals surface area contributed by atoms with Gasteiger partial charge in [0.1, 0.15) is 0 Å². The molecule has 0 heterocycles. The van der Waals surface area contributed by atoms with Gasteiger partial charge in [0.15, 0.2) is 0 Å². The standard InChI is InChI=1S/4CHN.Cu.F6P/c4*1-2;;1-7(2,3,4,5)6/h4*1H;;/q;;;;;-1. The van der Waals surface area contributed by atoms with Crippen molar-refractivity contribution in [2.45, 2.75) is 0 Å². The van der Waals surface area contributed by atoms with E-state index in [1.54, 1.807) is 0 Å². The molecule has 0 fully saturated rings. The Kier molecular flexibility index (Phi) is 26.4. The number of nitriles is 4. The molecule has 0 bridgehead atoms. The molecule has 0 saturated heterocycles. The van der Waals surface area contributed by atoms with Crippen LogP contribution >= 0.6 is 7.81 Å². The summed E-state index contributed by atoms with van der Waals surface area (Å²) in [7, 11) is -10.7. The Balaban J connectivity index is -0.0000000238. The molecule has 0 aliphatic rings. The van der Waals surface area contributed by atoms with E-state index in [0.29, 0.717) is 0 Å². The summed E-state index contributed by atoms with van der Waals surface area (Å²) in [6.45, 7) is 14.0. The Morgan fingerprint density at radius 3 is 0.500 bits per heavy atom. The summed E-state index contributed by atoms with van der Waals surface area (Å²) < 4.78 is 59.2. The third-order valence-electron chi connectivity index (χ3n) is 0. The number of rotatable bonds is 0. The van der Waals surface area contributed by atoms with Gasteiger partial charge in [-0.1, -0.05) is 0 Å². The molecular weight excluding hydrogens is 313 g/mol. The second kappa shape index (κ2) is 11.6. The summed E-state index contributed by atoms with van der Waals surface area (Å²) in [5.41, 5.74) is 0. The van der Waals surface area contributed by atoms with Crippen molar-refractivity contribution in [2.75, 3.05) is 0 Å². The van der Waals surface area contributed by atoms with E-state index >= 15 is 0 Å². The third kappa shape index (κ3) is 723. The molecule has 0 atom stereocenters. The minimum atomic E-state index is -10.7. The molecule has 0 aliphatic carbocycles. The van der Waals surface area contributed by atoms with Gasteiger partial charge in [0.2, 0.25) is 0 Å². The number of hydrogen-bond acceptors (Lipinski definition) is 4. The first-order valence-electron chi connectivity index (χ1n) is 2.05. The van der Waals surface area contributed by atoms with Crippen LogP contribution in [0.15, 0.2) is 0 Å². The minimum Gasteiger partial charge on any atom is 0 e. The Hall–Kier alpha value is -1.51. The Morgan fingerprint density at radius 1 is 0.500 bits per heavy atom. The first kappa shape index (κ1) is 36.6. The molecule has 0 unspecified atom stereocenters. The van der Waals surface area contributed by atoms with Crippen molar-refractivity contribution >= 4 is 7.81 Å². The first-order valence-corrected chi connectivity index (χ1v) is 4.08. The van der Waals surface area contributed by atoms with E-state index in [9.17, 15) is 25.2 Å². The molecule has 12 heteroatoms. The van der Waals surface area contributed by atoms with Crippen molar-refractivity contribution in [1.82, 2.24) is 0 Å². The van der Waals surface area contributed by atoms with E-state index in [1.165, 1.54) is 0 Å². The molecule has 4 nitrogen and oxygen atoms in total. The predicted molar refractivity (Wildman–Crippen MR) is 40.2 cm³/mol. The van der Waals surface area contributed by atoms with Gasteiger partial charge in [-0.2, -0.15) is 0 Å². The maximum absolute atomic E-state index is 10.7. The largest absolute Gasteiger partial charge is 0 e. The molecular formula is C4H4CuF6N4P-. The molecule has 0 spiro atoms. The summed E-state index contributed by atoms with van der Waals surface area (Å²) in [5, 5.41) is 26.0. The quantitative estimate of drug-likeness (QED) is 0.384. The van der Waals surface area contributed by atoms with E-state index in [1.807, 2.05) is 0 Å².